The Morgan fingerprint density at radius 1 is 1.21 bits per heavy atom. The van der Waals surface area contributed by atoms with Crippen LogP contribution in [-0.2, 0) is 4.79 Å². The average Bonchev–Trinajstić information content (AvgIpc) is 2.97. The van der Waals surface area contributed by atoms with E-state index in [4.69, 9.17) is 0 Å². The smallest absolute Gasteiger partial charge is 0.246 e. The molecule has 0 radical (unpaired) electrons. The van der Waals surface area contributed by atoms with Crippen molar-refractivity contribution < 1.29 is 9.90 Å². The molecule has 0 aromatic carbocycles. The Morgan fingerprint density at radius 2 is 2.03 bits per heavy atom. The first-order chi connectivity index (χ1) is 13.8. The van der Waals surface area contributed by atoms with Crippen LogP contribution in [0.1, 0.15) is 51.6 Å². The molecule has 0 bridgehead atoms. The van der Waals surface area contributed by atoms with Gasteiger partial charge in [0.15, 0.2) is 0 Å². The summed E-state index contributed by atoms with van der Waals surface area (Å²) in [5, 5.41) is 11.3. The Bertz CT molecular complexity index is 878. The van der Waals surface area contributed by atoms with Gasteiger partial charge in [-0.2, -0.15) is 0 Å². The number of nitrogens with zero attached hydrogens (tertiary/aromatic N) is 2. The lowest BCUT2D eigenvalue weighted by Crippen LogP contribution is -2.59. The predicted octanol–water partition coefficient (Wildman–Crippen LogP) is 4.08. The van der Waals surface area contributed by atoms with Crippen molar-refractivity contribution in [2.75, 3.05) is 7.05 Å². The molecule has 3 aliphatic carbocycles. The molecule has 0 spiro atoms. The van der Waals surface area contributed by atoms with Crippen molar-refractivity contribution in [3.8, 4) is 0 Å². The van der Waals surface area contributed by atoms with Crippen LogP contribution in [0.4, 0.5) is 0 Å². The summed E-state index contributed by atoms with van der Waals surface area (Å²) in [4.78, 5) is 18.7. The molecule has 0 saturated heterocycles. The SMILES string of the molecule is CN1C(=O)C=C[C@]2(C)[C@H]3CC[C@]4(C)[C@@H](O)/C(=C\c5ccccn5)C[C@H]4[C@@H]3CC[C@@H]12. The third-order valence-corrected chi connectivity index (χ3v) is 9.02. The number of fused-ring (bicyclic) bond motifs is 5. The number of rotatable bonds is 1. The molecule has 4 aliphatic rings. The van der Waals surface area contributed by atoms with Gasteiger partial charge in [-0.15, -0.1) is 0 Å². The second kappa shape index (κ2) is 6.53. The molecular weight excluding hydrogens is 360 g/mol. The molecule has 1 aromatic heterocycles. The van der Waals surface area contributed by atoms with Gasteiger partial charge in [0.25, 0.3) is 0 Å². The molecule has 1 aliphatic heterocycles. The first-order valence-electron chi connectivity index (χ1n) is 11.1. The van der Waals surface area contributed by atoms with Crippen LogP contribution >= 0.6 is 0 Å². The summed E-state index contributed by atoms with van der Waals surface area (Å²) in [6.45, 7) is 4.67. The summed E-state index contributed by atoms with van der Waals surface area (Å²) in [6, 6.07) is 6.25. The lowest BCUT2D eigenvalue weighted by molar-refractivity contribution is -0.140. The van der Waals surface area contributed by atoms with Gasteiger partial charge in [0.2, 0.25) is 5.91 Å². The molecule has 2 heterocycles. The van der Waals surface area contributed by atoms with Gasteiger partial charge in [-0.05, 0) is 79.7 Å². The van der Waals surface area contributed by atoms with Crippen molar-refractivity contribution in [1.82, 2.24) is 9.88 Å². The van der Waals surface area contributed by atoms with E-state index in [1.54, 1.807) is 6.08 Å². The largest absolute Gasteiger partial charge is 0.388 e. The van der Waals surface area contributed by atoms with Gasteiger partial charge in [0.1, 0.15) is 0 Å². The fourth-order valence-electron chi connectivity index (χ4n) is 7.39. The second-order valence-corrected chi connectivity index (χ2v) is 10.2. The lowest BCUT2D eigenvalue weighted by atomic mass is 9.48. The Labute approximate surface area is 173 Å². The van der Waals surface area contributed by atoms with Gasteiger partial charge in [0, 0.05) is 30.1 Å². The Morgan fingerprint density at radius 3 is 2.79 bits per heavy atom. The highest BCUT2D eigenvalue weighted by Crippen LogP contribution is 2.64. The summed E-state index contributed by atoms with van der Waals surface area (Å²) in [6.07, 6.45) is 12.9. The number of likely N-dealkylation sites (N-methyl/N-ethyl adjacent to an activating group) is 1. The van der Waals surface area contributed by atoms with Crippen molar-refractivity contribution in [1.29, 1.82) is 0 Å². The molecule has 4 heteroatoms. The number of amides is 1. The Kier molecular flexibility index (Phi) is 4.29. The van der Waals surface area contributed by atoms with Crippen molar-refractivity contribution in [2.45, 2.75) is 58.1 Å². The molecule has 1 amide bonds. The third-order valence-electron chi connectivity index (χ3n) is 9.02. The van der Waals surface area contributed by atoms with E-state index >= 15 is 0 Å². The maximum atomic E-state index is 12.2. The summed E-state index contributed by atoms with van der Waals surface area (Å²) in [5.41, 5.74) is 2.08. The van der Waals surface area contributed by atoms with E-state index in [-0.39, 0.29) is 22.8 Å². The van der Waals surface area contributed by atoms with Gasteiger partial charge in [-0.1, -0.05) is 26.0 Å². The highest BCUT2D eigenvalue weighted by Gasteiger charge is 2.61. The van der Waals surface area contributed by atoms with Gasteiger partial charge in [-0.3, -0.25) is 9.78 Å². The molecule has 7 atom stereocenters. The van der Waals surface area contributed by atoms with E-state index in [1.807, 2.05) is 36.3 Å². The van der Waals surface area contributed by atoms with Crippen LogP contribution in [0.3, 0.4) is 0 Å². The van der Waals surface area contributed by atoms with Crippen LogP contribution in [0.5, 0.6) is 0 Å². The molecule has 3 saturated carbocycles. The molecule has 5 rings (SSSR count). The maximum Gasteiger partial charge on any atom is 0.246 e. The minimum Gasteiger partial charge on any atom is -0.388 e. The van der Waals surface area contributed by atoms with E-state index < -0.39 is 0 Å². The van der Waals surface area contributed by atoms with Crippen LogP contribution in [0.2, 0.25) is 0 Å². The molecule has 1 N–H and O–H groups in total. The minimum absolute atomic E-state index is 0.0469. The molecule has 1 aromatic rings. The molecule has 4 nitrogen and oxygen atoms in total. The van der Waals surface area contributed by atoms with E-state index in [0.717, 1.165) is 43.4 Å². The zero-order valence-corrected chi connectivity index (χ0v) is 17.7. The quantitative estimate of drug-likeness (QED) is 0.784. The van der Waals surface area contributed by atoms with E-state index in [1.165, 1.54) is 0 Å². The Balaban J connectivity index is 1.48. The van der Waals surface area contributed by atoms with Crippen LogP contribution in [0.25, 0.3) is 6.08 Å². The standard InChI is InChI=1S/C25H32N2O2/c1-24-12-10-22(28)27(3)21(24)8-7-18-19(24)9-11-25(2)20(18)15-16(23(25)29)14-17-6-4-5-13-26-17/h4-6,10,12-14,18-21,23,29H,7-9,11,15H2,1-3H3/b16-14-/t18-,19+,20+,21-,23+,24-,25+/m1/s1. The first kappa shape index (κ1) is 19.0. The van der Waals surface area contributed by atoms with Crippen LogP contribution in [0, 0.1) is 28.6 Å². The second-order valence-electron chi connectivity index (χ2n) is 10.2. The van der Waals surface area contributed by atoms with Crippen molar-refractivity contribution in [2.24, 2.45) is 28.6 Å². The van der Waals surface area contributed by atoms with Crippen molar-refractivity contribution >= 4 is 12.0 Å². The number of carbonyl (C=O) groups is 1. The molecule has 3 fully saturated rings. The number of hydrogen-bond donors (Lipinski definition) is 1. The fraction of sp³-hybridized carbons (Fsp3) is 0.600. The summed E-state index contributed by atoms with van der Waals surface area (Å²) < 4.78 is 0. The van der Waals surface area contributed by atoms with E-state index in [9.17, 15) is 9.90 Å². The van der Waals surface area contributed by atoms with Crippen molar-refractivity contribution in [3.05, 3.63) is 47.8 Å². The number of aliphatic hydroxyl groups is 1. The average molecular weight is 393 g/mol. The molecule has 154 valence electrons. The van der Waals surface area contributed by atoms with Gasteiger partial charge < -0.3 is 10.0 Å². The lowest BCUT2D eigenvalue weighted by Gasteiger charge is -2.59. The van der Waals surface area contributed by atoms with Crippen LogP contribution < -0.4 is 0 Å². The summed E-state index contributed by atoms with van der Waals surface area (Å²) in [7, 11) is 1.97. The zero-order valence-electron chi connectivity index (χ0n) is 17.7. The van der Waals surface area contributed by atoms with E-state index in [2.05, 4.69) is 31.0 Å². The number of carbonyl (C=O) groups excluding carboxylic acids is 1. The summed E-state index contributed by atoms with van der Waals surface area (Å²) in [5.74, 6) is 1.82. The third kappa shape index (κ3) is 2.68. The normalized spacial score (nSPS) is 45.1. The van der Waals surface area contributed by atoms with Crippen LogP contribution in [0.15, 0.2) is 42.1 Å². The highest BCUT2D eigenvalue weighted by molar-refractivity contribution is 5.89. The van der Waals surface area contributed by atoms with Gasteiger partial charge >= 0.3 is 0 Å². The number of aliphatic hydroxyl groups excluding tert-OH is 1. The molecular formula is C25H32N2O2. The number of aromatic nitrogens is 1. The van der Waals surface area contributed by atoms with Gasteiger partial charge in [-0.25, -0.2) is 0 Å². The summed E-state index contributed by atoms with van der Waals surface area (Å²) >= 11 is 0. The van der Waals surface area contributed by atoms with E-state index in [0.29, 0.717) is 23.8 Å². The zero-order chi connectivity index (χ0) is 20.4. The predicted molar refractivity (Wildman–Crippen MR) is 114 cm³/mol. The van der Waals surface area contributed by atoms with Gasteiger partial charge in [0.05, 0.1) is 11.8 Å². The molecule has 29 heavy (non-hydrogen) atoms. The molecule has 0 unspecified atom stereocenters. The first-order valence-corrected chi connectivity index (χ1v) is 11.1. The number of pyridine rings is 1. The highest BCUT2D eigenvalue weighted by atomic mass is 16.3. The monoisotopic (exact) mass is 392 g/mol. The van der Waals surface area contributed by atoms with Crippen LogP contribution in [-0.4, -0.2) is 40.1 Å². The minimum atomic E-state index is -0.382. The maximum absolute atomic E-state index is 12.2. The van der Waals surface area contributed by atoms with Crippen molar-refractivity contribution in [3.63, 3.8) is 0 Å². The topological polar surface area (TPSA) is 53.4 Å². The fourth-order valence-corrected chi connectivity index (χ4v) is 7.39. The Hall–Kier alpha value is -1.94. The number of hydrogen-bond acceptors (Lipinski definition) is 3.